The Bertz CT molecular complexity index is 536. The quantitative estimate of drug-likeness (QED) is 0.667. The number of pyridine rings is 1. The Morgan fingerprint density at radius 1 is 1.18 bits per heavy atom. The minimum absolute atomic E-state index is 0.113. The van der Waals surface area contributed by atoms with Crippen molar-refractivity contribution in [3.05, 3.63) is 28.6 Å². The van der Waals surface area contributed by atoms with E-state index in [1.165, 1.54) is 5.56 Å². The Kier molecular flexibility index (Phi) is 2.08. The summed E-state index contributed by atoms with van der Waals surface area (Å²) in [6.45, 7) is 3.93. The van der Waals surface area contributed by atoms with Gasteiger partial charge in [-0.15, -0.1) is 0 Å². The van der Waals surface area contributed by atoms with Crippen LogP contribution in [-0.4, -0.2) is 16.8 Å². The summed E-state index contributed by atoms with van der Waals surface area (Å²) in [6, 6.07) is 2.04. The average Bonchev–Trinajstić information content (AvgIpc) is 2.52. The van der Waals surface area contributed by atoms with Crippen LogP contribution >= 0.6 is 0 Å². The van der Waals surface area contributed by atoms with Crippen LogP contribution in [0.1, 0.15) is 22.5 Å². The van der Waals surface area contributed by atoms with Crippen molar-refractivity contribution >= 4 is 11.8 Å². The van der Waals surface area contributed by atoms with E-state index in [0.717, 1.165) is 17.0 Å². The number of imide groups is 1. The molecule has 1 saturated heterocycles. The zero-order chi connectivity index (χ0) is 12.2. The minimum Gasteiger partial charge on any atom is -0.296 e. The van der Waals surface area contributed by atoms with E-state index in [1.54, 1.807) is 0 Å². The molecule has 4 heteroatoms. The highest BCUT2D eigenvalue weighted by atomic mass is 16.2. The Hall–Kier alpha value is -1.71. The lowest BCUT2D eigenvalue weighted by Gasteiger charge is -2.25. The summed E-state index contributed by atoms with van der Waals surface area (Å²) < 4.78 is 0. The van der Waals surface area contributed by atoms with Crippen LogP contribution < -0.4 is 5.32 Å². The smallest absolute Gasteiger partial charge is 0.230 e. The molecule has 3 rings (SSSR count). The first kappa shape index (κ1) is 10.4. The molecule has 2 atom stereocenters. The summed E-state index contributed by atoms with van der Waals surface area (Å²) >= 11 is 0. The Balaban J connectivity index is 2.08. The van der Waals surface area contributed by atoms with E-state index < -0.39 is 0 Å². The number of hydrogen-bond donors (Lipinski definition) is 1. The van der Waals surface area contributed by atoms with Crippen LogP contribution in [0.3, 0.4) is 0 Å². The summed E-state index contributed by atoms with van der Waals surface area (Å²) in [4.78, 5) is 27.7. The third-order valence-electron chi connectivity index (χ3n) is 3.82. The maximum atomic E-state index is 11.7. The van der Waals surface area contributed by atoms with Crippen molar-refractivity contribution in [1.29, 1.82) is 0 Å². The van der Waals surface area contributed by atoms with E-state index in [9.17, 15) is 9.59 Å². The van der Waals surface area contributed by atoms with E-state index in [1.807, 2.05) is 19.9 Å². The molecule has 17 heavy (non-hydrogen) atoms. The van der Waals surface area contributed by atoms with Crippen LogP contribution in [-0.2, 0) is 22.4 Å². The second-order valence-corrected chi connectivity index (χ2v) is 4.96. The number of nitrogens with one attached hydrogen (secondary N) is 1. The topological polar surface area (TPSA) is 59.1 Å². The highest BCUT2D eigenvalue weighted by Gasteiger charge is 2.44. The van der Waals surface area contributed by atoms with Crippen LogP contribution in [0.2, 0.25) is 0 Å². The Labute approximate surface area is 99.4 Å². The van der Waals surface area contributed by atoms with Crippen molar-refractivity contribution in [3.8, 4) is 0 Å². The predicted octanol–water partition coefficient (Wildman–Crippen LogP) is 0.686. The largest absolute Gasteiger partial charge is 0.296 e. The predicted molar refractivity (Wildman–Crippen MR) is 61.2 cm³/mol. The summed E-state index contributed by atoms with van der Waals surface area (Å²) in [7, 11) is 0. The fourth-order valence-electron chi connectivity index (χ4n) is 3.00. The fourth-order valence-corrected chi connectivity index (χ4v) is 3.00. The Morgan fingerprint density at radius 2 is 1.82 bits per heavy atom. The second-order valence-electron chi connectivity index (χ2n) is 4.96. The van der Waals surface area contributed by atoms with Crippen LogP contribution in [0.4, 0.5) is 0 Å². The number of carbonyl (C=O) groups excluding carboxylic acids is 2. The first-order chi connectivity index (χ1) is 8.06. The number of nitrogens with zero attached hydrogens (tertiary/aromatic N) is 1. The molecule has 1 aliphatic carbocycles. The van der Waals surface area contributed by atoms with Gasteiger partial charge in [-0.3, -0.25) is 19.9 Å². The van der Waals surface area contributed by atoms with Gasteiger partial charge in [-0.2, -0.15) is 0 Å². The zero-order valence-electron chi connectivity index (χ0n) is 9.91. The highest BCUT2D eigenvalue weighted by molar-refractivity contribution is 6.05. The molecular formula is C13H14N2O2. The lowest BCUT2D eigenvalue weighted by molar-refractivity contribution is -0.126. The number of fused-ring (bicyclic) bond motifs is 2. The average molecular weight is 230 g/mol. The number of amides is 2. The molecule has 1 aromatic rings. The highest BCUT2D eigenvalue weighted by Crippen LogP contribution is 2.35. The first-order valence-electron chi connectivity index (χ1n) is 5.87. The maximum absolute atomic E-state index is 11.7. The van der Waals surface area contributed by atoms with Gasteiger partial charge in [0, 0.05) is 11.4 Å². The lowest BCUT2D eigenvalue weighted by atomic mass is 9.77. The van der Waals surface area contributed by atoms with Crippen molar-refractivity contribution in [1.82, 2.24) is 10.3 Å². The number of carbonyl (C=O) groups is 2. The van der Waals surface area contributed by atoms with E-state index in [0.29, 0.717) is 12.8 Å². The molecule has 1 aliphatic heterocycles. The first-order valence-corrected chi connectivity index (χ1v) is 5.87. The van der Waals surface area contributed by atoms with Crippen LogP contribution in [0.5, 0.6) is 0 Å². The molecule has 1 aromatic heterocycles. The number of aryl methyl sites for hydroxylation is 2. The maximum Gasteiger partial charge on any atom is 0.230 e. The van der Waals surface area contributed by atoms with Gasteiger partial charge >= 0.3 is 0 Å². The molecule has 1 N–H and O–H groups in total. The van der Waals surface area contributed by atoms with Gasteiger partial charge in [0.15, 0.2) is 0 Å². The van der Waals surface area contributed by atoms with Gasteiger partial charge in [0.2, 0.25) is 11.8 Å². The van der Waals surface area contributed by atoms with E-state index in [2.05, 4.69) is 10.3 Å². The van der Waals surface area contributed by atoms with Gasteiger partial charge in [-0.1, -0.05) is 0 Å². The van der Waals surface area contributed by atoms with E-state index in [4.69, 9.17) is 0 Å². The minimum atomic E-state index is -0.182. The number of rotatable bonds is 0. The van der Waals surface area contributed by atoms with Gasteiger partial charge in [0.05, 0.1) is 11.8 Å². The summed E-state index contributed by atoms with van der Waals surface area (Å²) in [5.74, 6) is -0.585. The van der Waals surface area contributed by atoms with Crippen molar-refractivity contribution in [2.45, 2.75) is 26.7 Å². The van der Waals surface area contributed by atoms with Gasteiger partial charge in [-0.05, 0) is 43.9 Å². The molecule has 4 nitrogen and oxygen atoms in total. The van der Waals surface area contributed by atoms with Crippen molar-refractivity contribution in [2.75, 3.05) is 0 Å². The molecule has 0 radical (unpaired) electrons. The fraction of sp³-hybridized carbons (Fsp3) is 0.462. The van der Waals surface area contributed by atoms with Gasteiger partial charge < -0.3 is 0 Å². The summed E-state index contributed by atoms with van der Waals surface area (Å²) in [5.41, 5.74) is 4.30. The molecule has 2 heterocycles. The second kappa shape index (κ2) is 3.39. The molecule has 2 aliphatic rings. The molecule has 1 fully saturated rings. The van der Waals surface area contributed by atoms with Crippen LogP contribution in [0, 0.1) is 25.7 Å². The van der Waals surface area contributed by atoms with E-state index >= 15 is 0 Å². The summed E-state index contributed by atoms with van der Waals surface area (Å²) in [6.07, 6.45) is 1.32. The number of hydrogen-bond acceptors (Lipinski definition) is 3. The van der Waals surface area contributed by atoms with Crippen molar-refractivity contribution in [3.63, 3.8) is 0 Å². The van der Waals surface area contributed by atoms with Gasteiger partial charge in [-0.25, -0.2) is 0 Å². The molecule has 2 amide bonds. The standard InChI is InChI=1S/C13H14N2O2/c1-6-3-8-4-10-11(13(17)15-12(10)16)5-9(8)7(2)14-6/h3,10-11H,4-5H2,1-2H3,(H,15,16,17)/t10-,11+/m0/s1. The summed E-state index contributed by atoms with van der Waals surface area (Å²) in [5, 5.41) is 2.43. The van der Waals surface area contributed by atoms with Crippen LogP contribution in [0.15, 0.2) is 6.07 Å². The third-order valence-corrected chi connectivity index (χ3v) is 3.82. The molecule has 0 saturated carbocycles. The van der Waals surface area contributed by atoms with Gasteiger partial charge in [0.1, 0.15) is 0 Å². The normalized spacial score (nSPS) is 26.5. The number of aromatic nitrogens is 1. The lowest BCUT2D eigenvalue weighted by Crippen LogP contribution is -2.28. The van der Waals surface area contributed by atoms with Crippen molar-refractivity contribution < 1.29 is 9.59 Å². The molecule has 0 bridgehead atoms. The van der Waals surface area contributed by atoms with Crippen molar-refractivity contribution in [2.24, 2.45) is 11.8 Å². The molecule has 0 unspecified atom stereocenters. The van der Waals surface area contributed by atoms with Gasteiger partial charge in [0.25, 0.3) is 0 Å². The third kappa shape index (κ3) is 1.47. The van der Waals surface area contributed by atoms with Crippen LogP contribution in [0.25, 0.3) is 0 Å². The monoisotopic (exact) mass is 230 g/mol. The molecule has 0 spiro atoms. The SMILES string of the molecule is Cc1cc2c(c(C)n1)C[C@H]1C(=O)NC(=O)[C@H]1C2. The molecule has 88 valence electrons. The van der Waals surface area contributed by atoms with E-state index in [-0.39, 0.29) is 23.7 Å². The Morgan fingerprint density at radius 3 is 2.53 bits per heavy atom. The molecular weight excluding hydrogens is 216 g/mol. The molecule has 0 aromatic carbocycles. The zero-order valence-corrected chi connectivity index (χ0v) is 9.91.